The van der Waals surface area contributed by atoms with Crippen molar-refractivity contribution in [1.29, 1.82) is 0 Å². The van der Waals surface area contributed by atoms with Gasteiger partial charge in [0.15, 0.2) is 6.10 Å². The van der Waals surface area contributed by atoms with E-state index in [1.165, 1.54) is 0 Å². The van der Waals surface area contributed by atoms with Crippen LogP contribution in [0.5, 0.6) is 0 Å². The highest BCUT2D eigenvalue weighted by Crippen LogP contribution is 2.15. The smallest absolute Gasteiger partial charge is 0.340 e. The number of aromatic amines is 1. The number of nitrogens with two attached hydrogens (primary N) is 1. The fraction of sp³-hybridized carbons (Fsp3) is 0.500. The number of rotatable bonds is 4. The molecule has 8 nitrogen and oxygen atoms in total. The number of nitro groups is 1. The molecule has 2 unspecified atom stereocenters. The highest BCUT2D eigenvalue weighted by Gasteiger charge is 2.24. The maximum Gasteiger partial charge on any atom is 0.340 e. The lowest BCUT2D eigenvalue weighted by Gasteiger charge is -2.10. The molecule has 1 rings (SSSR count). The number of aliphatic hydroxyl groups excluding tert-OH is 2. The molecule has 78 valence electrons. The van der Waals surface area contributed by atoms with Crippen LogP contribution in [0.4, 0.5) is 5.82 Å². The SMILES string of the molecule is NCC(O)C(O)c1ncc([N+](=O)[O-])[nH]1. The molecule has 0 bridgehead atoms. The molecule has 8 heteroatoms. The van der Waals surface area contributed by atoms with Gasteiger partial charge in [-0.25, -0.2) is 9.97 Å². The van der Waals surface area contributed by atoms with Gasteiger partial charge < -0.3 is 26.1 Å². The molecule has 1 aromatic rings. The number of imidazole rings is 1. The number of nitrogens with zero attached hydrogens (tertiary/aromatic N) is 2. The molecular weight excluding hydrogens is 192 g/mol. The maximum absolute atomic E-state index is 10.2. The van der Waals surface area contributed by atoms with Crippen LogP contribution in [-0.4, -0.2) is 37.8 Å². The van der Waals surface area contributed by atoms with Crippen LogP contribution < -0.4 is 5.73 Å². The van der Waals surface area contributed by atoms with Crippen molar-refractivity contribution in [2.75, 3.05) is 6.54 Å². The summed E-state index contributed by atoms with van der Waals surface area (Å²) >= 11 is 0. The molecule has 0 aliphatic rings. The maximum atomic E-state index is 10.2. The van der Waals surface area contributed by atoms with Crippen molar-refractivity contribution in [3.8, 4) is 0 Å². The molecular formula is C6H10N4O4. The van der Waals surface area contributed by atoms with E-state index in [1.54, 1.807) is 0 Å². The molecule has 5 N–H and O–H groups in total. The van der Waals surface area contributed by atoms with E-state index in [4.69, 9.17) is 10.8 Å². The number of aromatic nitrogens is 2. The van der Waals surface area contributed by atoms with E-state index in [0.29, 0.717) is 0 Å². The number of aliphatic hydroxyl groups is 2. The summed E-state index contributed by atoms with van der Waals surface area (Å²) in [6.07, 6.45) is -1.57. The Morgan fingerprint density at radius 1 is 1.71 bits per heavy atom. The molecule has 0 radical (unpaired) electrons. The standard InChI is InChI=1S/C6H10N4O4/c7-1-3(11)5(12)6-8-2-4(9-6)10(13)14/h2-3,5,11-12H,1,7H2,(H,8,9). The predicted octanol–water partition coefficient (Wildman–Crippen LogP) is -1.33. The van der Waals surface area contributed by atoms with E-state index in [2.05, 4.69) is 9.97 Å². The lowest BCUT2D eigenvalue weighted by Crippen LogP contribution is -2.27. The Labute approximate surface area is 78.5 Å². The van der Waals surface area contributed by atoms with Crippen molar-refractivity contribution >= 4 is 5.82 Å². The Kier molecular flexibility index (Phi) is 3.12. The largest absolute Gasteiger partial charge is 0.389 e. The third kappa shape index (κ3) is 2.05. The molecule has 1 aromatic heterocycles. The normalized spacial score (nSPS) is 15.1. The highest BCUT2D eigenvalue weighted by molar-refractivity contribution is 5.16. The van der Waals surface area contributed by atoms with E-state index in [-0.39, 0.29) is 18.2 Å². The number of H-pyrrole nitrogens is 1. The Morgan fingerprint density at radius 2 is 2.36 bits per heavy atom. The zero-order chi connectivity index (χ0) is 10.7. The van der Waals surface area contributed by atoms with Gasteiger partial charge in [0.25, 0.3) is 0 Å². The lowest BCUT2D eigenvalue weighted by atomic mass is 10.2. The summed E-state index contributed by atoms with van der Waals surface area (Å²) in [5.41, 5.74) is 5.09. The van der Waals surface area contributed by atoms with Gasteiger partial charge in [0.2, 0.25) is 5.82 Å². The fourth-order valence-electron chi connectivity index (χ4n) is 0.881. The molecule has 0 aromatic carbocycles. The van der Waals surface area contributed by atoms with Crippen molar-refractivity contribution in [2.24, 2.45) is 5.73 Å². The van der Waals surface area contributed by atoms with Crippen LogP contribution >= 0.6 is 0 Å². The van der Waals surface area contributed by atoms with Gasteiger partial charge in [-0.2, -0.15) is 0 Å². The second-order valence-corrected chi connectivity index (χ2v) is 2.66. The van der Waals surface area contributed by atoms with Gasteiger partial charge in [-0.05, 0) is 4.92 Å². The van der Waals surface area contributed by atoms with E-state index in [1.807, 2.05) is 0 Å². The van der Waals surface area contributed by atoms with E-state index in [9.17, 15) is 15.2 Å². The topological polar surface area (TPSA) is 138 Å². The number of nitrogens with one attached hydrogen (secondary N) is 1. The minimum absolute atomic E-state index is 0.0744. The van der Waals surface area contributed by atoms with Crippen LogP contribution in [0.15, 0.2) is 6.20 Å². The summed E-state index contributed by atoms with van der Waals surface area (Å²) < 4.78 is 0. The molecule has 14 heavy (non-hydrogen) atoms. The van der Waals surface area contributed by atoms with Crippen molar-refractivity contribution < 1.29 is 15.1 Å². The van der Waals surface area contributed by atoms with Gasteiger partial charge in [-0.1, -0.05) is 0 Å². The predicted molar refractivity (Wildman–Crippen MR) is 45.3 cm³/mol. The van der Waals surface area contributed by atoms with Crippen molar-refractivity contribution in [1.82, 2.24) is 9.97 Å². The molecule has 2 atom stereocenters. The van der Waals surface area contributed by atoms with Gasteiger partial charge in [0.1, 0.15) is 12.3 Å². The Hall–Kier alpha value is -1.51. The highest BCUT2D eigenvalue weighted by atomic mass is 16.6. The second-order valence-electron chi connectivity index (χ2n) is 2.66. The monoisotopic (exact) mass is 202 g/mol. The first-order valence-electron chi connectivity index (χ1n) is 3.81. The summed E-state index contributed by atoms with van der Waals surface area (Å²) in [4.78, 5) is 15.4. The van der Waals surface area contributed by atoms with Crippen molar-refractivity contribution in [3.05, 3.63) is 22.1 Å². The first-order chi connectivity index (χ1) is 6.56. The van der Waals surface area contributed by atoms with Crippen LogP contribution in [0.25, 0.3) is 0 Å². The molecule has 0 fully saturated rings. The van der Waals surface area contributed by atoms with Crippen LogP contribution in [-0.2, 0) is 0 Å². The van der Waals surface area contributed by atoms with Crippen molar-refractivity contribution in [3.63, 3.8) is 0 Å². The van der Waals surface area contributed by atoms with Crippen molar-refractivity contribution in [2.45, 2.75) is 12.2 Å². The fourth-order valence-corrected chi connectivity index (χ4v) is 0.881. The van der Waals surface area contributed by atoms with Crippen LogP contribution in [0, 0.1) is 10.1 Å². The number of hydrogen-bond acceptors (Lipinski definition) is 6. The molecule has 1 heterocycles. The zero-order valence-electron chi connectivity index (χ0n) is 7.12. The molecule has 0 amide bonds. The summed E-state index contributed by atoms with van der Waals surface area (Å²) in [5, 5.41) is 28.7. The summed E-state index contributed by atoms with van der Waals surface area (Å²) in [5.74, 6) is -0.419. The van der Waals surface area contributed by atoms with Gasteiger partial charge in [0, 0.05) is 6.54 Å². The third-order valence-electron chi connectivity index (χ3n) is 1.66. The quantitative estimate of drug-likeness (QED) is 0.352. The third-order valence-corrected chi connectivity index (χ3v) is 1.66. The minimum Gasteiger partial charge on any atom is -0.389 e. The molecule has 0 saturated heterocycles. The van der Waals surface area contributed by atoms with E-state index < -0.39 is 17.1 Å². The minimum atomic E-state index is -1.34. The zero-order valence-corrected chi connectivity index (χ0v) is 7.12. The summed E-state index contributed by atoms with van der Waals surface area (Å²) in [6.45, 7) is -0.157. The summed E-state index contributed by atoms with van der Waals surface area (Å²) in [6, 6.07) is 0. The Bertz CT molecular complexity index is 325. The summed E-state index contributed by atoms with van der Waals surface area (Å²) in [7, 11) is 0. The van der Waals surface area contributed by atoms with E-state index in [0.717, 1.165) is 6.20 Å². The molecule has 0 spiro atoms. The molecule has 0 aliphatic heterocycles. The van der Waals surface area contributed by atoms with Gasteiger partial charge in [-0.15, -0.1) is 0 Å². The van der Waals surface area contributed by atoms with Gasteiger partial charge in [-0.3, -0.25) is 0 Å². The van der Waals surface area contributed by atoms with Crippen LogP contribution in [0.1, 0.15) is 11.9 Å². The second kappa shape index (κ2) is 4.13. The van der Waals surface area contributed by atoms with Gasteiger partial charge >= 0.3 is 5.82 Å². The molecule has 0 aliphatic carbocycles. The first kappa shape index (κ1) is 10.6. The Morgan fingerprint density at radius 3 is 2.79 bits per heavy atom. The van der Waals surface area contributed by atoms with Gasteiger partial charge in [0.05, 0.1) is 0 Å². The van der Waals surface area contributed by atoms with Crippen LogP contribution in [0.3, 0.4) is 0 Å². The average Bonchev–Trinajstić information content (AvgIpc) is 2.64. The first-order valence-corrected chi connectivity index (χ1v) is 3.81. The Balaban J connectivity index is 2.81. The number of hydrogen-bond donors (Lipinski definition) is 4. The molecule has 0 saturated carbocycles. The van der Waals surface area contributed by atoms with Crippen LogP contribution in [0.2, 0.25) is 0 Å². The van der Waals surface area contributed by atoms with E-state index >= 15 is 0 Å². The average molecular weight is 202 g/mol. The lowest BCUT2D eigenvalue weighted by molar-refractivity contribution is -0.389.